The molecule has 0 bridgehead atoms. The molecule has 1 aromatic carbocycles. The molecule has 86 valence electrons. The van der Waals surface area contributed by atoms with E-state index < -0.39 is 0 Å². The number of hydrogen-bond acceptors (Lipinski definition) is 4. The number of rotatable bonds is 1. The summed E-state index contributed by atoms with van der Waals surface area (Å²) in [7, 11) is 0. The molecule has 2 aromatic heterocycles. The van der Waals surface area contributed by atoms with Crippen molar-refractivity contribution < 1.29 is 0 Å². The van der Waals surface area contributed by atoms with Crippen molar-refractivity contribution in [2.24, 2.45) is 0 Å². The third-order valence-corrected chi connectivity index (χ3v) is 2.83. The number of nitrogen functional groups attached to an aromatic ring is 1. The standard InChI is InChI=1S/C13H9N5/c14-7-13-17-5-6-18(13)12-2-1-11(15)10-8-16-4-3-9(10)12/h1-6,8H,15H2. The molecular formula is C13H9N5. The van der Waals surface area contributed by atoms with Gasteiger partial charge in [-0.05, 0) is 18.2 Å². The van der Waals surface area contributed by atoms with Gasteiger partial charge in [0, 0.05) is 41.2 Å². The zero-order chi connectivity index (χ0) is 12.5. The van der Waals surface area contributed by atoms with E-state index in [9.17, 15) is 0 Å². The van der Waals surface area contributed by atoms with Crippen LogP contribution in [0.25, 0.3) is 16.5 Å². The number of nitrogens with two attached hydrogens (primary N) is 1. The molecule has 0 unspecified atom stereocenters. The first-order chi connectivity index (χ1) is 8.81. The van der Waals surface area contributed by atoms with Gasteiger partial charge in [-0.15, -0.1) is 0 Å². The molecule has 2 N–H and O–H groups in total. The second-order valence-corrected chi connectivity index (χ2v) is 3.83. The SMILES string of the molecule is N#Cc1nccn1-c1ccc(N)c2cnccc12. The van der Waals surface area contributed by atoms with Crippen LogP contribution in [0.3, 0.4) is 0 Å². The minimum absolute atomic E-state index is 0.345. The molecule has 2 heterocycles. The number of nitriles is 1. The number of nitrogens with zero attached hydrogens (tertiary/aromatic N) is 4. The number of fused-ring (bicyclic) bond motifs is 1. The fourth-order valence-corrected chi connectivity index (χ4v) is 1.99. The highest BCUT2D eigenvalue weighted by Gasteiger charge is 2.09. The van der Waals surface area contributed by atoms with Gasteiger partial charge in [0.25, 0.3) is 0 Å². The molecule has 0 saturated heterocycles. The fourth-order valence-electron chi connectivity index (χ4n) is 1.99. The van der Waals surface area contributed by atoms with E-state index in [-0.39, 0.29) is 0 Å². The van der Waals surface area contributed by atoms with Gasteiger partial charge >= 0.3 is 0 Å². The smallest absolute Gasteiger partial charge is 0.217 e. The Balaban J connectivity index is 2.38. The van der Waals surface area contributed by atoms with E-state index in [1.54, 1.807) is 35.4 Å². The minimum atomic E-state index is 0.345. The van der Waals surface area contributed by atoms with Crippen molar-refractivity contribution in [2.75, 3.05) is 5.73 Å². The van der Waals surface area contributed by atoms with Gasteiger partial charge in [-0.2, -0.15) is 5.26 Å². The fraction of sp³-hybridized carbons (Fsp3) is 0. The van der Waals surface area contributed by atoms with E-state index >= 15 is 0 Å². The van der Waals surface area contributed by atoms with Crippen molar-refractivity contribution >= 4 is 16.5 Å². The number of anilines is 1. The van der Waals surface area contributed by atoms with Gasteiger partial charge in [0.15, 0.2) is 0 Å². The lowest BCUT2D eigenvalue weighted by molar-refractivity contribution is 1.03. The van der Waals surface area contributed by atoms with E-state index in [1.807, 2.05) is 12.1 Å². The van der Waals surface area contributed by atoms with E-state index in [0.717, 1.165) is 16.5 Å². The molecule has 0 saturated carbocycles. The van der Waals surface area contributed by atoms with E-state index in [2.05, 4.69) is 16.0 Å². The van der Waals surface area contributed by atoms with Crippen molar-refractivity contribution in [3.63, 3.8) is 0 Å². The highest BCUT2D eigenvalue weighted by atomic mass is 15.1. The molecule has 5 nitrogen and oxygen atoms in total. The van der Waals surface area contributed by atoms with Crippen LogP contribution in [-0.2, 0) is 0 Å². The Labute approximate surface area is 103 Å². The zero-order valence-electron chi connectivity index (χ0n) is 9.41. The highest BCUT2D eigenvalue weighted by molar-refractivity contribution is 5.97. The van der Waals surface area contributed by atoms with Crippen molar-refractivity contribution in [1.82, 2.24) is 14.5 Å². The Morgan fingerprint density at radius 1 is 1.17 bits per heavy atom. The molecule has 0 atom stereocenters. The van der Waals surface area contributed by atoms with Crippen molar-refractivity contribution in [3.05, 3.63) is 48.8 Å². The van der Waals surface area contributed by atoms with Crippen LogP contribution in [0.4, 0.5) is 5.69 Å². The third-order valence-electron chi connectivity index (χ3n) is 2.83. The first kappa shape index (κ1) is 10.3. The van der Waals surface area contributed by atoms with E-state index in [0.29, 0.717) is 11.5 Å². The summed E-state index contributed by atoms with van der Waals surface area (Å²) in [5.41, 5.74) is 7.46. The Morgan fingerprint density at radius 2 is 2.06 bits per heavy atom. The maximum Gasteiger partial charge on any atom is 0.217 e. The number of aromatic nitrogens is 3. The van der Waals surface area contributed by atoms with Gasteiger partial charge in [-0.25, -0.2) is 4.98 Å². The first-order valence-electron chi connectivity index (χ1n) is 5.37. The molecular weight excluding hydrogens is 226 g/mol. The topological polar surface area (TPSA) is 80.5 Å². The molecule has 3 rings (SSSR count). The summed E-state index contributed by atoms with van der Waals surface area (Å²) in [6.45, 7) is 0. The summed E-state index contributed by atoms with van der Waals surface area (Å²) in [6.07, 6.45) is 6.78. The third kappa shape index (κ3) is 1.40. The minimum Gasteiger partial charge on any atom is -0.398 e. The maximum absolute atomic E-state index is 9.02. The lowest BCUT2D eigenvalue weighted by Crippen LogP contribution is -1.99. The van der Waals surface area contributed by atoms with Crippen LogP contribution in [0.2, 0.25) is 0 Å². The first-order valence-corrected chi connectivity index (χ1v) is 5.37. The summed E-state index contributed by atoms with van der Waals surface area (Å²) in [6, 6.07) is 7.62. The monoisotopic (exact) mass is 235 g/mol. The lowest BCUT2D eigenvalue weighted by Gasteiger charge is -2.09. The summed E-state index contributed by atoms with van der Waals surface area (Å²) in [5, 5.41) is 10.8. The highest BCUT2D eigenvalue weighted by Crippen LogP contribution is 2.26. The molecule has 0 spiro atoms. The van der Waals surface area contributed by atoms with Crippen molar-refractivity contribution in [3.8, 4) is 11.8 Å². The predicted molar refractivity (Wildman–Crippen MR) is 68.0 cm³/mol. The molecule has 0 amide bonds. The summed E-state index contributed by atoms with van der Waals surface area (Å²) >= 11 is 0. The molecule has 3 aromatic rings. The number of pyridine rings is 1. The summed E-state index contributed by atoms with van der Waals surface area (Å²) in [5.74, 6) is 0.345. The van der Waals surface area contributed by atoms with Gasteiger partial charge in [0.05, 0.1) is 5.69 Å². The number of benzene rings is 1. The molecule has 0 aliphatic rings. The number of hydrogen-bond donors (Lipinski definition) is 1. The van der Waals surface area contributed by atoms with Crippen LogP contribution in [0.1, 0.15) is 5.82 Å². The Hall–Kier alpha value is -2.87. The molecule has 0 aliphatic heterocycles. The van der Waals surface area contributed by atoms with Gasteiger partial charge in [0.1, 0.15) is 6.07 Å². The molecule has 0 aliphatic carbocycles. The average molecular weight is 235 g/mol. The summed E-state index contributed by atoms with van der Waals surface area (Å²) < 4.78 is 1.74. The summed E-state index contributed by atoms with van der Waals surface area (Å²) in [4.78, 5) is 8.06. The van der Waals surface area contributed by atoms with Gasteiger partial charge in [-0.1, -0.05) is 0 Å². The lowest BCUT2D eigenvalue weighted by atomic mass is 10.1. The second-order valence-electron chi connectivity index (χ2n) is 3.83. The number of imidazole rings is 1. The van der Waals surface area contributed by atoms with E-state index in [1.165, 1.54) is 0 Å². The van der Waals surface area contributed by atoms with Crippen LogP contribution in [0, 0.1) is 11.3 Å². The largest absolute Gasteiger partial charge is 0.398 e. The van der Waals surface area contributed by atoms with Crippen molar-refractivity contribution in [2.45, 2.75) is 0 Å². The predicted octanol–water partition coefficient (Wildman–Crippen LogP) is 1.87. The Morgan fingerprint density at radius 3 is 2.89 bits per heavy atom. The molecule has 18 heavy (non-hydrogen) atoms. The Kier molecular flexibility index (Phi) is 2.21. The van der Waals surface area contributed by atoms with E-state index in [4.69, 9.17) is 11.0 Å². The average Bonchev–Trinajstić information content (AvgIpc) is 2.88. The Bertz CT molecular complexity index is 766. The van der Waals surface area contributed by atoms with Crippen molar-refractivity contribution in [1.29, 1.82) is 5.26 Å². The maximum atomic E-state index is 9.02. The molecule has 0 fully saturated rings. The zero-order valence-corrected chi connectivity index (χ0v) is 9.41. The van der Waals surface area contributed by atoms with Crippen LogP contribution in [-0.4, -0.2) is 14.5 Å². The van der Waals surface area contributed by atoms with Gasteiger partial charge in [0.2, 0.25) is 5.82 Å². The molecule has 5 heteroatoms. The van der Waals surface area contributed by atoms with Crippen LogP contribution >= 0.6 is 0 Å². The van der Waals surface area contributed by atoms with Crippen LogP contribution in [0.15, 0.2) is 43.0 Å². The molecule has 0 radical (unpaired) electrons. The van der Waals surface area contributed by atoms with Gasteiger partial charge < -0.3 is 5.73 Å². The van der Waals surface area contributed by atoms with Gasteiger partial charge in [-0.3, -0.25) is 9.55 Å². The quantitative estimate of drug-likeness (QED) is 0.653. The normalized spacial score (nSPS) is 10.4. The van der Waals surface area contributed by atoms with Crippen LogP contribution < -0.4 is 5.73 Å². The second kappa shape index (κ2) is 3.86. The van der Waals surface area contributed by atoms with Crippen LogP contribution in [0.5, 0.6) is 0 Å².